The number of ether oxygens (including phenoxy) is 1. The molecular formula is C26H30N6O3S. The summed E-state index contributed by atoms with van der Waals surface area (Å²) in [7, 11) is -1.89. The van der Waals surface area contributed by atoms with E-state index in [9.17, 15) is 8.42 Å². The molecule has 188 valence electrons. The summed E-state index contributed by atoms with van der Waals surface area (Å²) in [5, 5.41) is 7.92. The van der Waals surface area contributed by atoms with E-state index in [1.54, 1.807) is 37.6 Å². The van der Waals surface area contributed by atoms with Gasteiger partial charge in [-0.05, 0) is 50.6 Å². The summed E-state index contributed by atoms with van der Waals surface area (Å²) in [5.41, 5.74) is 4.39. The number of anilines is 1. The third kappa shape index (κ3) is 6.07. The van der Waals surface area contributed by atoms with Gasteiger partial charge >= 0.3 is 0 Å². The van der Waals surface area contributed by atoms with E-state index in [4.69, 9.17) is 9.84 Å². The third-order valence-electron chi connectivity index (χ3n) is 5.62. The van der Waals surface area contributed by atoms with Crippen LogP contribution in [0, 0.1) is 6.92 Å². The minimum atomic E-state index is -3.53. The van der Waals surface area contributed by atoms with Crippen LogP contribution in [0.3, 0.4) is 0 Å². The molecule has 0 spiro atoms. The number of hydrogen-bond donors (Lipinski definition) is 2. The molecule has 2 aromatic heterocycles. The largest absolute Gasteiger partial charge is 0.497 e. The Bertz CT molecular complexity index is 1420. The number of sulfonamides is 1. The summed E-state index contributed by atoms with van der Waals surface area (Å²) in [6.45, 7) is 5.49. The van der Waals surface area contributed by atoms with E-state index in [0.717, 1.165) is 40.4 Å². The molecule has 0 saturated carbocycles. The van der Waals surface area contributed by atoms with Crippen molar-refractivity contribution >= 4 is 16.0 Å². The quantitative estimate of drug-likeness (QED) is 0.294. The number of rotatable bonds is 11. The van der Waals surface area contributed by atoms with Gasteiger partial charge in [-0.2, -0.15) is 5.10 Å². The van der Waals surface area contributed by atoms with Crippen LogP contribution in [0.25, 0.3) is 22.5 Å². The Morgan fingerprint density at radius 2 is 1.86 bits per heavy atom. The first-order valence-corrected chi connectivity index (χ1v) is 13.2. The van der Waals surface area contributed by atoms with Gasteiger partial charge in [-0.1, -0.05) is 29.8 Å². The van der Waals surface area contributed by atoms with Crippen molar-refractivity contribution in [3.8, 4) is 28.3 Å². The highest BCUT2D eigenvalue weighted by Gasteiger charge is 2.16. The molecule has 0 atom stereocenters. The van der Waals surface area contributed by atoms with Gasteiger partial charge in [0.2, 0.25) is 16.0 Å². The van der Waals surface area contributed by atoms with Crippen molar-refractivity contribution in [2.24, 2.45) is 0 Å². The van der Waals surface area contributed by atoms with Crippen LogP contribution < -0.4 is 14.8 Å². The van der Waals surface area contributed by atoms with Gasteiger partial charge in [0.15, 0.2) is 0 Å². The zero-order chi connectivity index (χ0) is 25.5. The lowest BCUT2D eigenvalue weighted by Crippen LogP contribution is -2.26. The summed E-state index contributed by atoms with van der Waals surface area (Å²) in [6, 6.07) is 16.4. The lowest BCUT2D eigenvalue weighted by molar-refractivity contribution is 0.415. The highest BCUT2D eigenvalue weighted by atomic mass is 32.2. The molecule has 0 aliphatic rings. The van der Waals surface area contributed by atoms with Crippen LogP contribution in [0.15, 0.2) is 71.9 Å². The first kappa shape index (κ1) is 25.3. The molecule has 2 heterocycles. The van der Waals surface area contributed by atoms with Crippen LogP contribution in [-0.2, 0) is 16.6 Å². The van der Waals surface area contributed by atoms with E-state index in [0.29, 0.717) is 25.5 Å². The SMILES string of the molecule is CCn1cc(-c2ccnc(NCCCNS(=O)(=O)c3ccc(C)cc3)n2)c(-c2cccc(OC)c2)n1. The maximum absolute atomic E-state index is 12.4. The number of benzene rings is 2. The highest BCUT2D eigenvalue weighted by Crippen LogP contribution is 2.32. The molecule has 0 amide bonds. The zero-order valence-corrected chi connectivity index (χ0v) is 21.4. The maximum Gasteiger partial charge on any atom is 0.240 e. The molecule has 0 unspecified atom stereocenters. The number of nitrogens with zero attached hydrogens (tertiary/aromatic N) is 4. The van der Waals surface area contributed by atoms with Crippen molar-refractivity contribution < 1.29 is 13.2 Å². The molecule has 0 bridgehead atoms. The average Bonchev–Trinajstić information content (AvgIpc) is 3.34. The Balaban J connectivity index is 1.41. The van der Waals surface area contributed by atoms with E-state index >= 15 is 0 Å². The van der Waals surface area contributed by atoms with Gasteiger partial charge in [0.1, 0.15) is 11.4 Å². The molecule has 4 rings (SSSR count). The van der Waals surface area contributed by atoms with E-state index < -0.39 is 10.0 Å². The average molecular weight is 507 g/mol. The van der Waals surface area contributed by atoms with Crippen LogP contribution in [0.5, 0.6) is 5.75 Å². The summed E-state index contributed by atoms with van der Waals surface area (Å²) in [4.78, 5) is 9.25. The van der Waals surface area contributed by atoms with Gasteiger partial charge < -0.3 is 10.1 Å². The fraction of sp³-hybridized carbons (Fsp3) is 0.269. The first-order chi connectivity index (χ1) is 17.4. The van der Waals surface area contributed by atoms with E-state index in [1.165, 1.54) is 0 Å². The first-order valence-electron chi connectivity index (χ1n) is 11.7. The second-order valence-corrected chi connectivity index (χ2v) is 10.0. The Morgan fingerprint density at radius 1 is 1.06 bits per heavy atom. The predicted molar refractivity (Wildman–Crippen MR) is 140 cm³/mol. The third-order valence-corrected chi connectivity index (χ3v) is 7.10. The number of hydrogen-bond acceptors (Lipinski definition) is 7. The molecule has 2 aromatic carbocycles. The Kier molecular flexibility index (Phi) is 7.97. The molecule has 10 heteroatoms. The topological polar surface area (TPSA) is 111 Å². The van der Waals surface area contributed by atoms with Crippen LogP contribution in [0.2, 0.25) is 0 Å². The molecule has 0 fully saturated rings. The maximum atomic E-state index is 12.4. The van der Waals surface area contributed by atoms with Crippen molar-refractivity contribution in [1.29, 1.82) is 0 Å². The van der Waals surface area contributed by atoms with Gasteiger partial charge in [-0.15, -0.1) is 0 Å². The molecule has 36 heavy (non-hydrogen) atoms. The van der Waals surface area contributed by atoms with E-state index in [2.05, 4.69) is 20.0 Å². The summed E-state index contributed by atoms with van der Waals surface area (Å²) >= 11 is 0. The minimum Gasteiger partial charge on any atom is -0.497 e. The van der Waals surface area contributed by atoms with Gasteiger partial charge in [0.05, 0.1) is 17.7 Å². The number of methoxy groups -OCH3 is 1. The Labute approximate surface area is 211 Å². The summed E-state index contributed by atoms with van der Waals surface area (Å²) in [5.74, 6) is 1.22. The smallest absolute Gasteiger partial charge is 0.240 e. The molecule has 9 nitrogen and oxygen atoms in total. The zero-order valence-electron chi connectivity index (χ0n) is 20.6. The van der Waals surface area contributed by atoms with Crippen molar-refractivity contribution in [2.45, 2.75) is 31.7 Å². The van der Waals surface area contributed by atoms with Gasteiger partial charge in [0, 0.05) is 43.2 Å². The van der Waals surface area contributed by atoms with Crippen molar-refractivity contribution in [1.82, 2.24) is 24.5 Å². The van der Waals surface area contributed by atoms with E-state index in [-0.39, 0.29) is 4.90 Å². The fourth-order valence-corrected chi connectivity index (χ4v) is 4.72. The molecule has 0 radical (unpaired) electrons. The summed E-state index contributed by atoms with van der Waals surface area (Å²) < 4.78 is 34.7. The molecule has 2 N–H and O–H groups in total. The lowest BCUT2D eigenvalue weighted by Gasteiger charge is -2.09. The van der Waals surface area contributed by atoms with Gasteiger partial charge in [-0.25, -0.2) is 23.1 Å². The standard InChI is InChI=1S/C26H30N6O3S/c1-4-32-18-23(25(31-32)20-7-5-8-21(17-20)35-3)24-13-16-28-26(30-24)27-14-6-15-29-36(33,34)22-11-9-19(2)10-12-22/h5,7-13,16-18,29H,4,6,14-15H2,1-3H3,(H,27,28,30). The molecule has 4 aromatic rings. The number of aromatic nitrogens is 4. The lowest BCUT2D eigenvalue weighted by atomic mass is 10.1. The normalized spacial score (nSPS) is 11.4. The molecule has 0 aliphatic carbocycles. The van der Waals surface area contributed by atoms with Crippen LogP contribution in [-0.4, -0.2) is 48.4 Å². The van der Waals surface area contributed by atoms with Crippen molar-refractivity contribution in [3.05, 3.63) is 72.6 Å². The monoisotopic (exact) mass is 506 g/mol. The molecular weight excluding hydrogens is 476 g/mol. The Hall–Kier alpha value is -3.76. The second kappa shape index (κ2) is 11.3. The van der Waals surface area contributed by atoms with Crippen LogP contribution in [0.1, 0.15) is 18.9 Å². The molecule has 0 aliphatic heterocycles. The van der Waals surface area contributed by atoms with Gasteiger partial charge in [-0.3, -0.25) is 4.68 Å². The van der Waals surface area contributed by atoms with Crippen molar-refractivity contribution in [3.63, 3.8) is 0 Å². The molecule has 0 saturated heterocycles. The Morgan fingerprint density at radius 3 is 2.61 bits per heavy atom. The number of aryl methyl sites for hydroxylation is 2. The van der Waals surface area contributed by atoms with Crippen LogP contribution >= 0.6 is 0 Å². The number of nitrogens with one attached hydrogen (secondary N) is 2. The minimum absolute atomic E-state index is 0.261. The fourth-order valence-electron chi connectivity index (χ4n) is 3.64. The van der Waals surface area contributed by atoms with Crippen molar-refractivity contribution in [2.75, 3.05) is 25.5 Å². The summed E-state index contributed by atoms with van der Waals surface area (Å²) in [6.07, 6.45) is 4.24. The highest BCUT2D eigenvalue weighted by molar-refractivity contribution is 7.89. The second-order valence-electron chi connectivity index (χ2n) is 8.24. The van der Waals surface area contributed by atoms with E-state index in [1.807, 2.05) is 55.1 Å². The van der Waals surface area contributed by atoms with Gasteiger partial charge in [0.25, 0.3) is 0 Å². The van der Waals surface area contributed by atoms with Crippen LogP contribution in [0.4, 0.5) is 5.95 Å². The predicted octanol–water partition coefficient (Wildman–Crippen LogP) is 4.12.